The fourth-order valence-electron chi connectivity index (χ4n) is 2.75. The van der Waals surface area contributed by atoms with E-state index < -0.39 is 0 Å². The third-order valence-electron chi connectivity index (χ3n) is 4.15. The smallest absolute Gasteiger partial charge is 0.291 e. The van der Waals surface area contributed by atoms with Gasteiger partial charge in [0.05, 0.1) is 18.8 Å². The molecule has 7 heteroatoms. The molecule has 0 spiro atoms. The number of methoxy groups -OCH3 is 2. The first-order chi connectivity index (χ1) is 13.7. The van der Waals surface area contributed by atoms with Crippen molar-refractivity contribution in [1.29, 1.82) is 0 Å². The van der Waals surface area contributed by atoms with Crippen molar-refractivity contribution in [3.63, 3.8) is 0 Å². The van der Waals surface area contributed by atoms with E-state index in [1.54, 1.807) is 32.4 Å². The standard InChI is InChI=1S/C21H17N3O3S/c1-26-16-9-10-17(27-2)15(12-16)13-18-20(25)24-21(28-18)22-19(23-24)11-8-14-6-4-3-5-7-14/h3-13H,1-2H3. The highest BCUT2D eigenvalue weighted by Crippen LogP contribution is 2.24. The van der Waals surface area contributed by atoms with E-state index in [1.807, 2.05) is 48.5 Å². The lowest BCUT2D eigenvalue weighted by atomic mass is 10.2. The molecule has 2 aromatic carbocycles. The minimum Gasteiger partial charge on any atom is -0.497 e. The SMILES string of the molecule is COc1ccc(OC)c(C=c2sc3nc(C=Cc4ccccc4)nn3c2=O)c1. The summed E-state index contributed by atoms with van der Waals surface area (Å²) >= 11 is 1.28. The maximum absolute atomic E-state index is 12.7. The number of aromatic nitrogens is 3. The molecule has 0 aliphatic heterocycles. The number of rotatable bonds is 5. The maximum Gasteiger partial charge on any atom is 0.291 e. The normalized spacial score (nSPS) is 12.1. The van der Waals surface area contributed by atoms with Gasteiger partial charge in [-0.25, -0.2) is 0 Å². The summed E-state index contributed by atoms with van der Waals surface area (Å²) in [6.07, 6.45) is 5.48. The van der Waals surface area contributed by atoms with Crippen LogP contribution in [0.5, 0.6) is 11.5 Å². The van der Waals surface area contributed by atoms with Gasteiger partial charge in [0, 0.05) is 5.56 Å². The zero-order valence-electron chi connectivity index (χ0n) is 15.3. The number of ether oxygens (including phenoxy) is 2. The van der Waals surface area contributed by atoms with Crippen LogP contribution in [0.1, 0.15) is 17.0 Å². The minimum absolute atomic E-state index is 0.211. The Balaban J connectivity index is 1.72. The van der Waals surface area contributed by atoms with Crippen LogP contribution >= 0.6 is 11.3 Å². The fourth-order valence-corrected chi connectivity index (χ4v) is 3.65. The van der Waals surface area contributed by atoms with Gasteiger partial charge in [-0.05, 0) is 35.9 Å². The predicted molar refractivity (Wildman–Crippen MR) is 111 cm³/mol. The van der Waals surface area contributed by atoms with Crippen LogP contribution in [0.3, 0.4) is 0 Å². The Labute approximate surface area is 165 Å². The van der Waals surface area contributed by atoms with Gasteiger partial charge in [-0.15, -0.1) is 5.10 Å². The van der Waals surface area contributed by atoms with Gasteiger partial charge in [-0.2, -0.15) is 9.50 Å². The molecule has 2 heterocycles. The molecule has 6 nitrogen and oxygen atoms in total. The van der Waals surface area contributed by atoms with Crippen molar-refractivity contribution in [2.24, 2.45) is 0 Å². The van der Waals surface area contributed by atoms with Crippen molar-refractivity contribution in [1.82, 2.24) is 14.6 Å². The zero-order valence-corrected chi connectivity index (χ0v) is 16.1. The second kappa shape index (κ2) is 7.66. The Hall–Kier alpha value is -3.45. The molecule has 4 rings (SSSR count). The van der Waals surface area contributed by atoms with Crippen LogP contribution in [0, 0.1) is 0 Å². The van der Waals surface area contributed by atoms with Crippen molar-refractivity contribution in [3.8, 4) is 11.5 Å². The molecule has 0 atom stereocenters. The summed E-state index contributed by atoms with van der Waals surface area (Å²) in [5.41, 5.74) is 1.59. The summed E-state index contributed by atoms with van der Waals surface area (Å²) < 4.78 is 12.5. The minimum atomic E-state index is -0.211. The van der Waals surface area contributed by atoms with Gasteiger partial charge in [0.25, 0.3) is 5.56 Å². The molecule has 0 aliphatic carbocycles. The first kappa shape index (κ1) is 17.9. The van der Waals surface area contributed by atoms with Crippen molar-refractivity contribution < 1.29 is 9.47 Å². The van der Waals surface area contributed by atoms with Gasteiger partial charge in [0.1, 0.15) is 11.5 Å². The van der Waals surface area contributed by atoms with Crippen LogP contribution < -0.4 is 19.6 Å². The monoisotopic (exact) mass is 391 g/mol. The third-order valence-corrected chi connectivity index (χ3v) is 5.11. The molecular weight excluding hydrogens is 374 g/mol. The molecule has 0 unspecified atom stereocenters. The van der Waals surface area contributed by atoms with Crippen molar-refractivity contribution in [3.05, 3.63) is 80.4 Å². The van der Waals surface area contributed by atoms with Gasteiger partial charge >= 0.3 is 0 Å². The van der Waals surface area contributed by atoms with Crippen LogP contribution in [0.15, 0.2) is 53.3 Å². The van der Waals surface area contributed by atoms with Crippen molar-refractivity contribution in [2.45, 2.75) is 0 Å². The molecule has 0 aliphatic rings. The van der Waals surface area contributed by atoms with Crippen LogP contribution in [-0.4, -0.2) is 28.8 Å². The van der Waals surface area contributed by atoms with Gasteiger partial charge in [0.15, 0.2) is 5.82 Å². The van der Waals surface area contributed by atoms with Crippen LogP contribution in [0.25, 0.3) is 23.2 Å². The number of nitrogens with zero attached hydrogens (tertiary/aromatic N) is 3. The summed E-state index contributed by atoms with van der Waals surface area (Å²) in [6.45, 7) is 0. The summed E-state index contributed by atoms with van der Waals surface area (Å²) in [5.74, 6) is 1.84. The van der Waals surface area contributed by atoms with Crippen LogP contribution in [0.2, 0.25) is 0 Å². The van der Waals surface area contributed by atoms with E-state index in [0.29, 0.717) is 26.8 Å². The molecule has 0 radical (unpaired) electrons. The Morgan fingerprint density at radius 3 is 2.57 bits per heavy atom. The van der Waals surface area contributed by atoms with E-state index in [-0.39, 0.29) is 5.56 Å². The molecule has 4 aromatic rings. The zero-order chi connectivity index (χ0) is 19.5. The topological polar surface area (TPSA) is 65.7 Å². The average molecular weight is 391 g/mol. The number of fused-ring (bicyclic) bond motifs is 1. The number of hydrogen-bond acceptors (Lipinski definition) is 6. The van der Waals surface area contributed by atoms with E-state index in [4.69, 9.17) is 9.47 Å². The summed E-state index contributed by atoms with van der Waals surface area (Å²) in [5, 5.41) is 4.31. The number of thiazole rings is 1. The van der Waals surface area contributed by atoms with E-state index in [2.05, 4.69) is 10.1 Å². The lowest BCUT2D eigenvalue weighted by molar-refractivity contribution is 0.402. The highest BCUT2D eigenvalue weighted by atomic mass is 32.1. The van der Waals surface area contributed by atoms with Gasteiger partial charge in [0.2, 0.25) is 4.96 Å². The molecule has 0 bridgehead atoms. The molecule has 0 N–H and O–H groups in total. The van der Waals surface area contributed by atoms with E-state index >= 15 is 0 Å². The number of benzene rings is 2. The van der Waals surface area contributed by atoms with Gasteiger partial charge in [-0.1, -0.05) is 47.7 Å². The molecule has 0 saturated carbocycles. The Morgan fingerprint density at radius 2 is 1.86 bits per heavy atom. The molecule has 28 heavy (non-hydrogen) atoms. The maximum atomic E-state index is 12.7. The van der Waals surface area contributed by atoms with E-state index in [9.17, 15) is 4.79 Å². The summed E-state index contributed by atoms with van der Waals surface area (Å²) in [4.78, 5) is 17.7. The average Bonchev–Trinajstić information content (AvgIpc) is 3.26. The highest BCUT2D eigenvalue weighted by molar-refractivity contribution is 7.15. The molecule has 0 fully saturated rings. The predicted octanol–water partition coefficient (Wildman–Crippen LogP) is 2.89. The fraction of sp³-hybridized carbons (Fsp3) is 0.0952. The second-order valence-corrected chi connectivity index (χ2v) is 6.94. The Kier molecular flexibility index (Phi) is 4.90. The Bertz CT molecular complexity index is 1260. The molecule has 0 amide bonds. The van der Waals surface area contributed by atoms with Crippen LogP contribution in [-0.2, 0) is 0 Å². The van der Waals surface area contributed by atoms with Gasteiger partial charge < -0.3 is 9.47 Å². The quantitative estimate of drug-likeness (QED) is 0.523. The summed E-state index contributed by atoms with van der Waals surface area (Å²) in [7, 11) is 3.18. The highest BCUT2D eigenvalue weighted by Gasteiger charge is 2.10. The largest absolute Gasteiger partial charge is 0.497 e. The Morgan fingerprint density at radius 1 is 1.04 bits per heavy atom. The van der Waals surface area contributed by atoms with Gasteiger partial charge in [-0.3, -0.25) is 4.79 Å². The van der Waals surface area contributed by atoms with Crippen LogP contribution in [0.4, 0.5) is 0 Å². The van der Waals surface area contributed by atoms with Crippen molar-refractivity contribution in [2.75, 3.05) is 14.2 Å². The van der Waals surface area contributed by atoms with Crippen molar-refractivity contribution >= 4 is 34.5 Å². The lowest BCUT2D eigenvalue weighted by Gasteiger charge is -2.06. The molecule has 0 saturated heterocycles. The number of hydrogen-bond donors (Lipinski definition) is 0. The second-order valence-electron chi connectivity index (χ2n) is 5.93. The lowest BCUT2D eigenvalue weighted by Crippen LogP contribution is -2.23. The van der Waals surface area contributed by atoms with E-state index in [0.717, 1.165) is 11.1 Å². The van der Waals surface area contributed by atoms with E-state index in [1.165, 1.54) is 15.9 Å². The first-order valence-electron chi connectivity index (χ1n) is 8.54. The molecule has 2 aromatic heterocycles. The first-order valence-corrected chi connectivity index (χ1v) is 9.36. The summed E-state index contributed by atoms with van der Waals surface area (Å²) in [6, 6.07) is 15.3. The molecular formula is C21H17N3O3S. The molecule has 140 valence electrons. The third kappa shape index (κ3) is 3.52.